The van der Waals surface area contributed by atoms with Crippen LogP contribution in [0.4, 0.5) is 0 Å². The van der Waals surface area contributed by atoms with Gasteiger partial charge in [-0.05, 0) is 26.2 Å². The minimum Gasteiger partial charge on any atom is -0.481 e. The van der Waals surface area contributed by atoms with Crippen LogP contribution in [0.25, 0.3) is 0 Å². The van der Waals surface area contributed by atoms with Crippen molar-refractivity contribution >= 4 is 17.7 Å². The highest BCUT2D eigenvalue weighted by molar-refractivity contribution is 6.03. The number of carbonyl (C=O) groups excluding carboxylic acids is 2. The number of carboxylic acids is 1. The molecule has 1 aliphatic carbocycles. The van der Waals surface area contributed by atoms with Crippen molar-refractivity contribution in [1.82, 2.24) is 5.32 Å². The molecule has 1 aliphatic heterocycles. The van der Waals surface area contributed by atoms with E-state index in [1.165, 1.54) is 0 Å². The summed E-state index contributed by atoms with van der Waals surface area (Å²) < 4.78 is 10.8. The number of aryl methyl sites for hydroxylation is 1. The fourth-order valence-corrected chi connectivity index (χ4v) is 3.42. The van der Waals surface area contributed by atoms with E-state index in [9.17, 15) is 19.5 Å². The lowest BCUT2D eigenvalue weighted by atomic mass is 9.80. The van der Waals surface area contributed by atoms with Gasteiger partial charge in [0, 0.05) is 38.2 Å². The van der Waals surface area contributed by atoms with Crippen molar-refractivity contribution in [1.29, 1.82) is 0 Å². The van der Waals surface area contributed by atoms with Crippen molar-refractivity contribution in [3.63, 3.8) is 0 Å². The van der Waals surface area contributed by atoms with Crippen LogP contribution in [0.1, 0.15) is 57.9 Å². The predicted octanol–water partition coefficient (Wildman–Crippen LogP) is 1.72. The molecule has 24 heavy (non-hydrogen) atoms. The van der Waals surface area contributed by atoms with Gasteiger partial charge in [0.25, 0.3) is 5.91 Å². The molecule has 2 aliphatic rings. The summed E-state index contributed by atoms with van der Waals surface area (Å²) in [6, 6.07) is 0. The Labute approximate surface area is 139 Å². The Balaban J connectivity index is 1.76. The van der Waals surface area contributed by atoms with E-state index in [0.717, 1.165) is 6.42 Å². The number of ketones is 1. The number of hydrogen-bond donors (Lipinski definition) is 2. The minimum atomic E-state index is -1.01. The van der Waals surface area contributed by atoms with Gasteiger partial charge in [0.05, 0.1) is 11.0 Å². The summed E-state index contributed by atoms with van der Waals surface area (Å²) in [5.41, 5.74) is 0.0538. The molecule has 2 N–H and O–H groups in total. The van der Waals surface area contributed by atoms with E-state index in [0.29, 0.717) is 55.8 Å². The summed E-state index contributed by atoms with van der Waals surface area (Å²) in [6.45, 7) is 2.45. The van der Waals surface area contributed by atoms with Crippen molar-refractivity contribution in [2.75, 3.05) is 19.8 Å². The quantitative estimate of drug-likeness (QED) is 0.868. The van der Waals surface area contributed by atoms with Crippen LogP contribution in [0.2, 0.25) is 0 Å². The zero-order chi connectivity index (χ0) is 17.3. The van der Waals surface area contributed by atoms with Crippen molar-refractivity contribution in [2.45, 2.75) is 39.0 Å². The fourth-order valence-electron chi connectivity index (χ4n) is 3.42. The molecule has 1 aromatic rings. The molecule has 0 saturated carbocycles. The summed E-state index contributed by atoms with van der Waals surface area (Å²) >= 11 is 0. The number of hydrogen-bond acceptors (Lipinski definition) is 5. The molecule has 0 bridgehead atoms. The van der Waals surface area contributed by atoms with Gasteiger partial charge in [0.15, 0.2) is 11.5 Å². The maximum atomic E-state index is 12.5. The van der Waals surface area contributed by atoms with Crippen LogP contribution in [0.15, 0.2) is 4.42 Å². The van der Waals surface area contributed by atoms with Crippen LogP contribution in [-0.4, -0.2) is 42.5 Å². The first-order valence-corrected chi connectivity index (χ1v) is 8.19. The number of fused-ring (bicyclic) bond motifs is 1. The third kappa shape index (κ3) is 2.84. The Kier molecular flexibility index (Phi) is 4.45. The second-order valence-electron chi connectivity index (χ2n) is 6.51. The SMILES string of the molecule is Cc1c(C(=O)NCC2(C(=O)O)CCOCC2)oc2c1C(=O)CCC2. The van der Waals surface area contributed by atoms with Crippen LogP contribution >= 0.6 is 0 Å². The van der Waals surface area contributed by atoms with Gasteiger partial charge in [-0.2, -0.15) is 0 Å². The third-order valence-corrected chi connectivity index (χ3v) is 5.00. The predicted molar refractivity (Wildman–Crippen MR) is 83.2 cm³/mol. The van der Waals surface area contributed by atoms with Crippen molar-refractivity contribution in [2.24, 2.45) is 5.41 Å². The lowest BCUT2D eigenvalue weighted by Crippen LogP contribution is -2.46. The molecular formula is C17H21NO6. The molecule has 3 rings (SSSR count). The Bertz CT molecular complexity index is 683. The van der Waals surface area contributed by atoms with Crippen molar-refractivity contribution in [3.05, 3.63) is 22.6 Å². The smallest absolute Gasteiger partial charge is 0.311 e. The van der Waals surface area contributed by atoms with E-state index in [-0.39, 0.29) is 18.1 Å². The monoisotopic (exact) mass is 335 g/mol. The summed E-state index contributed by atoms with van der Waals surface area (Å²) in [7, 11) is 0. The summed E-state index contributed by atoms with van der Waals surface area (Å²) in [6.07, 6.45) is 2.55. The van der Waals surface area contributed by atoms with Crippen molar-refractivity contribution < 1.29 is 28.6 Å². The molecule has 1 fully saturated rings. The van der Waals surface area contributed by atoms with Crippen LogP contribution in [0, 0.1) is 12.3 Å². The standard InChI is InChI=1S/C17H21NO6/c1-10-13-11(19)3-2-4-12(13)24-14(10)15(20)18-9-17(16(21)22)5-7-23-8-6-17/h2-9H2,1H3,(H,18,20)(H,21,22). The summed E-state index contributed by atoms with van der Waals surface area (Å²) in [4.78, 5) is 36.1. The lowest BCUT2D eigenvalue weighted by Gasteiger charge is -2.32. The molecule has 1 saturated heterocycles. The first-order valence-electron chi connectivity index (χ1n) is 8.19. The second kappa shape index (κ2) is 6.39. The number of nitrogens with one attached hydrogen (secondary N) is 1. The van der Waals surface area contributed by atoms with E-state index >= 15 is 0 Å². The minimum absolute atomic E-state index is 0.00276. The number of amides is 1. The molecule has 0 spiro atoms. The largest absolute Gasteiger partial charge is 0.481 e. The molecule has 130 valence electrons. The van der Waals surface area contributed by atoms with Crippen molar-refractivity contribution in [3.8, 4) is 0 Å². The Morgan fingerprint density at radius 3 is 2.58 bits per heavy atom. The van der Waals surface area contributed by atoms with Gasteiger partial charge >= 0.3 is 5.97 Å². The first kappa shape index (κ1) is 16.7. The number of Topliss-reactive ketones (excluding diaryl/α,β-unsaturated/α-hetero) is 1. The maximum Gasteiger partial charge on any atom is 0.311 e. The van der Waals surface area contributed by atoms with Gasteiger partial charge in [-0.25, -0.2) is 0 Å². The van der Waals surface area contributed by atoms with Gasteiger partial charge in [0.1, 0.15) is 5.76 Å². The maximum absolute atomic E-state index is 12.5. The van der Waals surface area contributed by atoms with Crippen LogP contribution in [0.5, 0.6) is 0 Å². The number of carboxylic acid groups (broad SMARTS) is 1. The average Bonchev–Trinajstić information content (AvgIpc) is 2.91. The van der Waals surface area contributed by atoms with Gasteiger partial charge in [0.2, 0.25) is 0 Å². The molecule has 0 aromatic carbocycles. The molecule has 1 aromatic heterocycles. The Morgan fingerprint density at radius 2 is 1.96 bits per heavy atom. The zero-order valence-electron chi connectivity index (χ0n) is 13.6. The average molecular weight is 335 g/mol. The molecule has 0 atom stereocenters. The van der Waals surface area contributed by atoms with Crippen LogP contribution < -0.4 is 5.32 Å². The van der Waals surface area contributed by atoms with Gasteiger partial charge in [-0.3, -0.25) is 14.4 Å². The fraction of sp³-hybridized carbons (Fsp3) is 0.588. The molecule has 7 heteroatoms. The van der Waals surface area contributed by atoms with Crippen LogP contribution in [-0.2, 0) is 16.0 Å². The number of rotatable bonds is 4. The second-order valence-corrected chi connectivity index (χ2v) is 6.51. The molecule has 0 unspecified atom stereocenters. The van der Waals surface area contributed by atoms with Crippen LogP contribution in [0.3, 0.4) is 0 Å². The first-order chi connectivity index (χ1) is 11.4. The number of carbonyl (C=O) groups is 3. The summed E-state index contributed by atoms with van der Waals surface area (Å²) in [5, 5.41) is 12.2. The van der Waals surface area contributed by atoms with Gasteiger partial charge in [-0.1, -0.05) is 0 Å². The number of furan rings is 1. The van der Waals surface area contributed by atoms with E-state index in [1.807, 2.05) is 0 Å². The lowest BCUT2D eigenvalue weighted by molar-refractivity contribution is -0.154. The molecular weight excluding hydrogens is 314 g/mol. The highest BCUT2D eigenvalue weighted by Gasteiger charge is 2.41. The number of ether oxygens (including phenoxy) is 1. The number of aliphatic carboxylic acids is 1. The van der Waals surface area contributed by atoms with E-state index in [1.54, 1.807) is 6.92 Å². The highest BCUT2D eigenvalue weighted by atomic mass is 16.5. The highest BCUT2D eigenvalue weighted by Crippen LogP contribution is 2.31. The molecule has 7 nitrogen and oxygen atoms in total. The molecule has 0 radical (unpaired) electrons. The normalized spacial score (nSPS) is 19.6. The topological polar surface area (TPSA) is 106 Å². The third-order valence-electron chi connectivity index (χ3n) is 5.00. The molecule has 1 amide bonds. The zero-order valence-corrected chi connectivity index (χ0v) is 13.6. The Morgan fingerprint density at radius 1 is 1.25 bits per heavy atom. The summed E-state index contributed by atoms with van der Waals surface area (Å²) in [5.74, 6) is -0.725. The van der Waals surface area contributed by atoms with E-state index < -0.39 is 17.3 Å². The Hall–Kier alpha value is -2.15. The van der Waals surface area contributed by atoms with Gasteiger partial charge in [-0.15, -0.1) is 0 Å². The van der Waals surface area contributed by atoms with E-state index in [4.69, 9.17) is 9.15 Å². The van der Waals surface area contributed by atoms with Gasteiger partial charge < -0.3 is 19.6 Å². The van der Waals surface area contributed by atoms with E-state index in [2.05, 4.69) is 5.32 Å². The molecule has 2 heterocycles.